The van der Waals surface area contributed by atoms with Gasteiger partial charge in [-0.1, -0.05) is 107 Å². The van der Waals surface area contributed by atoms with E-state index in [4.69, 9.17) is 0 Å². The first-order valence-corrected chi connectivity index (χ1v) is 12.8. The van der Waals surface area contributed by atoms with Gasteiger partial charge in [-0.05, 0) is 76.0 Å². The third kappa shape index (κ3) is 5.42. The summed E-state index contributed by atoms with van der Waals surface area (Å²) in [5.74, 6) is -0.633. The highest BCUT2D eigenvalue weighted by Gasteiger charge is 2.37. The zero-order valence-corrected chi connectivity index (χ0v) is 21.8. The molecule has 0 amide bonds. The number of carboxylic acids is 1. The Hall–Kier alpha value is -3.13. The largest absolute Gasteiger partial charge is 0.478 e. The van der Waals surface area contributed by atoms with Crippen LogP contribution in [0, 0.1) is 0 Å². The molecule has 3 aromatic carbocycles. The summed E-state index contributed by atoms with van der Waals surface area (Å²) in [7, 11) is 0. The van der Waals surface area contributed by atoms with E-state index < -0.39 is 5.97 Å². The van der Waals surface area contributed by atoms with E-state index in [1.165, 1.54) is 35.1 Å². The second-order valence-corrected chi connectivity index (χ2v) is 11.3. The number of hydrogen-bond acceptors (Lipinski definition) is 1. The van der Waals surface area contributed by atoms with Crippen molar-refractivity contribution >= 4 is 12.0 Å². The number of benzene rings is 3. The minimum absolute atomic E-state index is 0.171. The Labute approximate surface area is 210 Å². The average molecular weight is 467 g/mol. The highest BCUT2D eigenvalue weighted by Crippen LogP contribution is 2.46. The highest BCUT2D eigenvalue weighted by molar-refractivity contribution is 5.89. The van der Waals surface area contributed by atoms with Crippen LogP contribution in [-0.2, 0) is 23.7 Å². The van der Waals surface area contributed by atoms with Gasteiger partial charge in [0.15, 0.2) is 0 Å². The fourth-order valence-electron chi connectivity index (χ4n) is 5.45. The van der Waals surface area contributed by atoms with Gasteiger partial charge in [-0.25, -0.2) is 4.79 Å². The molecule has 0 aliphatic heterocycles. The van der Waals surface area contributed by atoms with Gasteiger partial charge >= 0.3 is 5.97 Å². The molecule has 0 heterocycles. The fourth-order valence-corrected chi connectivity index (χ4v) is 5.45. The zero-order chi connectivity index (χ0) is 25.2. The number of allylic oxidation sites excluding steroid dienone is 1. The van der Waals surface area contributed by atoms with Crippen LogP contribution in [0.5, 0.6) is 0 Å². The maximum Gasteiger partial charge on any atom is 0.335 e. The summed E-state index contributed by atoms with van der Waals surface area (Å²) >= 11 is 0. The van der Waals surface area contributed by atoms with Crippen molar-refractivity contribution in [1.29, 1.82) is 0 Å². The van der Waals surface area contributed by atoms with Crippen molar-refractivity contribution in [2.75, 3.05) is 0 Å². The first kappa shape index (κ1) is 25.0. The maximum atomic E-state index is 11.5. The van der Waals surface area contributed by atoms with Crippen molar-refractivity contribution in [3.05, 3.63) is 112 Å². The lowest BCUT2D eigenvalue weighted by Gasteiger charge is -2.42. The van der Waals surface area contributed by atoms with Gasteiger partial charge in [0.1, 0.15) is 0 Å². The van der Waals surface area contributed by atoms with Gasteiger partial charge in [-0.15, -0.1) is 0 Å². The molecular formula is C33H38O2. The summed E-state index contributed by atoms with van der Waals surface area (Å²) in [6.45, 7) is 11.5. The molecule has 4 rings (SSSR count). The lowest BCUT2D eigenvalue weighted by molar-refractivity contribution is 0.0695. The number of aryl methyl sites for hydroxylation is 1. The van der Waals surface area contributed by atoms with Crippen molar-refractivity contribution in [3.8, 4) is 0 Å². The van der Waals surface area contributed by atoms with Crippen LogP contribution in [0.1, 0.15) is 97.1 Å². The molecule has 1 atom stereocenters. The van der Waals surface area contributed by atoms with E-state index in [1.807, 2.05) is 19.1 Å². The number of carbonyl (C=O) groups is 1. The number of hydrogen-bond donors (Lipinski definition) is 1. The van der Waals surface area contributed by atoms with E-state index in [0.29, 0.717) is 12.0 Å². The summed E-state index contributed by atoms with van der Waals surface area (Å²) < 4.78 is 0. The Bertz CT molecular complexity index is 1230. The average Bonchev–Trinajstić information content (AvgIpc) is 2.84. The topological polar surface area (TPSA) is 37.3 Å². The molecule has 35 heavy (non-hydrogen) atoms. The van der Waals surface area contributed by atoms with Crippen molar-refractivity contribution < 1.29 is 9.90 Å². The van der Waals surface area contributed by atoms with Crippen LogP contribution >= 0.6 is 0 Å². The predicted octanol–water partition coefficient (Wildman–Crippen LogP) is 8.34. The summed E-state index contributed by atoms with van der Waals surface area (Å²) in [6.07, 6.45) is 8.50. The van der Waals surface area contributed by atoms with Gasteiger partial charge in [-0.2, -0.15) is 0 Å². The van der Waals surface area contributed by atoms with E-state index in [0.717, 1.165) is 17.5 Å². The van der Waals surface area contributed by atoms with E-state index in [-0.39, 0.29) is 16.7 Å². The van der Waals surface area contributed by atoms with E-state index in [1.54, 1.807) is 6.07 Å². The molecule has 1 aliphatic carbocycles. The summed E-state index contributed by atoms with van der Waals surface area (Å²) in [6, 6.07) is 23.5. The molecule has 0 fully saturated rings. The second kappa shape index (κ2) is 9.85. The number of fused-ring (bicyclic) bond motifs is 1. The second-order valence-electron chi connectivity index (χ2n) is 11.3. The molecule has 1 unspecified atom stereocenters. The predicted molar refractivity (Wildman–Crippen MR) is 146 cm³/mol. The molecule has 0 spiro atoms. The standard InChI is InChI=1S/C33H38O2/c1-6-25-20-24(13-16-28(25)31(34)35)12-14-26(21-23-10-8-7-9-11-23)27-15-17-29-30(22-27)33(4,5)19-18-32(29,2)3/h7-17,20,22,26H,6,18-19,21H2,1-5H3,(H,34,35)/b14-12+. The minimum Gasteiger partial charge on any atom is -0.478 e. The smallest absolute Gasteiger partial charge is 0.335 e. The quantitative estimate of drug-likeness (QED) is 0.380. The monoisotopic (exact) mass is 466 g/mol. The Balaban J connectivity index is 1.74. The summed E-state index contributed by atoms with van der Waals surface area (Å²) in [5, 5.41) is 9.48. The summed E-state index contributed by atoms with van der Waals surface area (Å²) in [4.78, 5) is 11.5. The van der Waals surface area contributed by atoms with Crippen molar-refractivity contribution in [2.24, 2.45) is 0 Å². The Kier molecular flexibility index (Phi) is 7.03. The lowest BCUT2D eigenvalue weighted by Crippen LogP contribution is -2.34. The highest BCUT2D eigenvalue weighted by atomic mass is 16.4. The molecule has 1 N–H and O–H groups in total. The maximum absolute atomic E-state index is 11.5. The molecular weight excluding hydrogens is 428 g/mol. The molecule has 0 radical (unpaired) electrons. The fraction of sp³-hybridized carbons (Fsp3) is 0.364. The Morgan fingerprint density at radius 3 is 2.26 bits per heavy atom. The molecule has 0 bridgehead atoms. The molecule has 0 saturated heterocycles. The lowest BCUT2D eigenvalue weighted by atomic mass is 9.62. The molecule has 3 aromatic rings. The summed E-state index contributed by atoms with van der Waals surface area (Å²) in [5.41, 5.74) is 8.31. The number of rotatable bonds is 7. The van der Waals surface area contributed by atoms with Crippen molar-refractivity contribution in [3.63, 3.8) is 0 Å². The number of carboxylic acid groups (broad SMARTS) is 1. The first-order chi connectivity index (χ1) is 16.6. The Morgan fingerprint density at radius 2 is 1.60 bits per heavy atom. The van der Waals surface area contributed by atoms with Gasteiger partial charge < -0.3 is 5.11 Å². The van der Waals surface area contributed by atoms with Crippen LogP contribution in [0.3, 0.4) is 0 Å². The van der Waals surface area contributed by atoms with Gasteiger partial charge in [0.25, 0.3) is 0 Å². The molecule has 2 heteroatoms. The van der Waals surface area contributed by atoms with Crippen LogP contribution in [0.15, 0.2) is 72.8 Å². The van der Waals surface area contributed by atoms with E-state index in [2.05, 4.69) is 88.4 Å². The van der Waals surface area contributed by atoms with Crippen LogP contribution in [0.25, 0.3) is 6.08 Å². The van der Waals surface area contributed by atoms with Crippen LogP contribution < -0.4 is 0 Å². The van der Waals surface area contributed by atoms with Crippen LogP contribution in [0.4, 0.5) is 0 Å². The third-order valence-electron chi connectivity index (χ3n) is 7.87. The molecule has 1 aliphatic rings. The SMILES string of the molecule is CCc1cc(/C=C/C(Cc2ccccc2)c2ccc3c(c2)C(C)(C)CCC3(C)C)ccc1C(=O)O. The van der Waals surface area contributed by atoms with Crippen molar-refractivity contribution in [1.82, 2.24) is 0 Å². The first-order valence-electron chi connectivity index (χ1n) is 12.8. The third-order valence-corrected chi connectivity index (χ3v) is 7.87. The number of aromatic carboxylic acids is 1. The van der Waals surface area contributed by atoms with Gasteiger partial charge in [0, 0.05) is 5.92 Å². The van der Waals surface area contributed by atoms with Gasteiger partial charge in [0.2, 0.25) is 0 Å². The van der Waals surface area contributed by atoms with Gasteiger partial charge in [0.05, 0.1) is 5.56 Å². The molecule has 2 nitrogen and oxygen atoms in total. The minimum atomic E-state index is -0.862. The Morgan fingerprint density at radius 1 is 0.914 bits per heavy atom. The van der Waals surface area contributed by atoms with Crippen molar-refractivity contribution in [2.45, 2.75) is 77.0 Å². The van der Waals surface area contributed by atoms with E-state index >= 15 is 0 Å². The van der Waals surface area contributed by atoms with Crippen LogP contribution in [0.2, 0.25) is 0 Å². The molecule has 0 saturated carbocycles. The zero-order valence-electron chi connectivity index (χ0n) is 21.8. The van der Waals surface area contributed by atoms with E-state index in [9.17, 15) is 9.90 Å². The molecule has 182 valence electrons. The van der Waals surface area contributed by atoms with Gasteiger partial charge in [-0.3, -0.25) is 0 Å². The van der Waals surface area contributed by atoms with Crippen LogP contribution in [-0.4, -0.2) is 11.1 Å². The normalized spacial score (nSPS) is 17.2. The molecule has 0 aromatic heterocycles.